The van der Waals surface area contributed by atoms with Crippen LogP contribution in [-0.4, -0.2) is 73.0 Å². The normalized spacial score (nSPS) is 43.4. The quantitative estimate of drug-likeness (QED) is 0.630. The largest absolute Gasteiger partial charge is 0.376 e. The number of hydrogen-bond donors (Lipinski definition) is 1. The van der Waals surface area contributed by atoms with Gasteiger partial charge in [0.25, 0.3) is 0 Å². The number of hydrogen-bond acceptors (Lipinski definition) is 5. The second-order valence-electron chi connectivity index (χ2n) is 9.68. The smallest absolute Gasteiger partial charge is 0.249 e. The number of carbonyl (C=O) groups excluding carboxylic acids is 2. The van der Waals surface area contributed by atoms with Gasteiger partial charge in [0, 0.05) is 12.0 Å². The van der Waals surface area contributed by atoms with Gasteiger partial charge in [0.05, 0.1) is 37.0 Å². The molecule has 0 aromatic rings. The van der Waals surface area contributed by atoms with Gasteiger partial charge in [0.1, 0.15) is 19.0 Å². The predicted octanol–water partition coefficient (Wildman–Crippen LogP) is 1.87. The molecule has 4 aliphatic heterocycles. The Kier molecular flexibility index (Phi) is 5.65. The van der Waals surface area contributed by atoms with E-state index in [2.05, 4.69) is 5.32 Å². The fourth-order valence-electron chi connectivity index (χ4n) is 6.34. The Hall–Kier alpha value is -1.77. The number of carbonyl (C=O) groups is 2. The summed E-state index contributed by atoms with van der Waals surface area (Å²) in [5, 5.41) is 3.11. The molecule has 0 aromatic carbocycles. The molecule has 2 bridgehead atoms. The van der Waals surface area contributed by atoms with Crippen LogP contribution in [0.5, 0.6) is 0 Å². The van der Waals surface area contributed by atoms with Crippen LogP contribution in [0.4, 0.5) is 4.39 Å². The third kappa shape index (κ3) is 3.83. The van der Waals surface area contributed by atoms with Crippen molar-refractivity contribution in [3.63, 3.8) is 0 Å². The van der Waals surface area contributed by atoms with Gasteiger partial charge in [0.2, 0.25) is 11.8 Å². The van der Waals surface area contributed by atoms with Crippen molar-refractivity contribution in [3.8, 4) is 0 Å². The predicted molar refractivity (Wildman–Crippen MR) is 110 cm³/mol. The first kappa shape index (κ1) is 21.1. The molecule has 2 amide bonds. The molecule has 8 heteroatoms. The molecule has 6 rings (SSSR count). The lowest BCUT2D eigenvalue weighted by Gasteiger charge is -2.41. The lowest BCUT2D eigenvalue weighted by atomic mass is 9.74. The number of ether oxygens (including phenoxy) is 3. The number of halogens is 1. The number of allylic oxidation sites excluding steroid dienone is 2. The van der Waals surface area contributed by atoms with Crippen LogP contribution in [0.15, 0.2) is 24.1 Å². The van der Waals surface area contributed by atoms with E-state index >= 15 is 0 Å². The standard InChI is InChI=1S/C23H31FN2O5/c1-14-9-23(13-29-11-20(27)25-23)19-10-30-16-7-5-15(6-8-16)22-17(24)3-2-4-18(22)31-12-21(28)26(14)19/h2-4,14-16,18-19,22H,5-13H2,1H3,(H,25,27)/t14-,15?,16?,18?,19+,22?,23-/m1/s1. The van der Waals surface area contributed by atoms with Crippen LogP contribution in [0.2, 0.25) is 0 Å². The second-order valence-corrected chi connectivity index (χ2v) is 9.68. The lowest BCUT2D eigenvalue weighted by Crippen LogP contribution is -2.65. The Bertz CT molecular complexity index is 793. The van der Waals surface area contributed by atoms with Gasteiger partial charge in [-0.2, -0.15) is 0 Å². The molecule has 31 heavy (non-hydrogen) atoms. The van der Waals surface area contributed by atoms with Crippen LogP contribution in [-0.2, 0) is 23.8 Å². The molecule has 1 spiro atoms. The number of nitrogens with one attached hydrogen (secondary N) is 1. The maximum Gasteiger partial charge on any atom is 0.249 e. The molecule has 170 valence electrons. The topological polar surface area (TPSA) is 77.1 Å². The number of rotatable bonds is 0. The molecule has 5 fully saturated rings. The summed E-state index contributed by atoms with van der Waals surface area (Å²) in [6, 6.07) is -0.418. The molecular formula is C23H31FN2O5. The summed E-state index contributed by atoms with van der Waals surface area (Å²) in [6.07, 6.45) is 8.75. The van der Waals surface area contributed by atoms with Crippen molar-refractivity contribution < 1.29 is 28.2 Å². The van der Waals surface area contributed by atoms with Crippen LogP contribution >= 0.6 is 0 Å². The van der Waals surface area contributed by atoms with Crippen LogP contribution in [0.3, 0.4) is 0 Å². The monoisotopic (exact) mass is 434 g/mol. The molecule has 5 atom stereocenters. The van der Waals surface area contributed by atoms with Gasteiger partial charge >= 0.3 is 0 Å². The van der Waals surface area contributed by atoms with E-state index in [1.54, 1.807) is 11.0 Å². The van der Waals surface area contributed by atoms with Crippen LogP contribution in [0.25, 0.3) is 0 Å². The molecule has 4 heterocycles. The molecule has 2 unspecified atom stereocenters. The highest BCUT2D eigenvalue weighted by molar-refractivity contribution is 5.81. The fraction of sp³-hybridized carbons (Fsp3) is 0.739. The zero-order valence-corrected chi connectivity index (χ0v) is 17.9. The van der Waals surface area contributed by atoms with E-state index in [4.69, 9.17) is 14.2 Å². The molecule has 7 nitrogen and oxygen atoms in total. The molecular weight excluding hydrogens is 403 g/mol. The lowest BCUT2D eigenvalue weighted by molar-refractivity contribution is -0.147. The molecule has 0 aromatic heterocycles. The summed E-state index contributed by atoms with van der Waals surface area (Å²) in [6.45, 7) is 2.60. The van der Waals surface area contributed by atoms with Crippen molar-refractivity contribution in [2.45, 2.75) is 68.9 Å². The van der Waals surface area contributed by atoms with Gasteiger partial charge in [-0.25, -0.2) is 4.39 Å². The van der Waals surface area contributed by atoms with E-state index in [9.17, 15) is 14.0 Å². The molecule has 6 aliphatic rings. The Morgan fingerprint density at radius 3 is 2.74 bits per heavy atom. The van der Waals surface area contributed by atoms with Crippen molar-refractivity contribution in [1.29, 1.82) is 0 Å². The van der Waals surface area contributed by atoms with Gasteiger partial charge in [-0.05, 0) is 51.0 Å². The van der Waals surface area contributed by atoms with E-state index in [-0.39, 0.29) is 60.9 Å². The van der Waals surface area contributed by atoms with Gasteiger partial charge in [-0.3, -0.25) is 9.59 Å². The highest BCUT2D eigenvalue weighted by atomic mass is 19.1. The Morgan fingerprint density at radius 2 is 1.97 bits per heavy atom. The summed E-state index contributed by atoms with van der Waals surface area (Å²) in [5.74, 6) is -0.648. The van der Waals surface area contributed by atoms with Crippen molar-refractivity contribution in [3.05, 3.63) is 24.1 Å². The Morgan fingerprint density at radius 1 is 1.16 bits per heavy atom. The van der Waals surface area contributed by atoms with E-state index < -0.39 is 11.6 Å². The van der Waals surface area contributed by atoms with E-state index in [0.717, 1.165) is 25.7 Å². The first-order valence-corrected chi connectivity index (χ1v) is 11.4. The highest BCUT2D eigenvalue weighted by Crippen LogP contribution is 2.42. The maximum absolute atomic E-state index is 14.8. The number of morpholine rings is 1. The summed E-state index contributed by atoms with van der Waals surface area (Å²) in [7, 11) is 0. The van der Waals surface area contributed by atoms with Crippen molar-refractivity contribution >= 4 is 11.8 Å². The molecule has 0 radical (unpaired) electrons. The summed E-state index contributed by atoms with van der Waals surface area (Å²) < 4.78 is 32.7. The van der Waals surface area contributed by atoms with Crippen molar-refractivity contribution in [2.24, 2.45) is 11.8 Å². The molecule has 1 N–H and O–H groups in total. The number of fused-ring (bicyclic) bond motifs is 5. The van der Waals surface area contributed by atoms with E-state index in [1.807, 2.05) is 13.0 Å². The summed E-state index contributed by atoms with van der Waals surface area (Å²) in [4.78, 5) is 27.3. The number of nitrogens with zero attached hydrogens (tertiary/aromatic N) is 1. The van der Waals surface area contributed by atoms with E-state index in [1.165, 1.54) is 6.08 Å². The highest BCUT2D eigenvalue weighted by Gasteiger charge is 2.55. The van der Waals surface area contributed by atoms with Gasteiger partial charge in [-0.15, -0.1) is 0 Å². The minimum Gasteiger partial charge on any atom is -0.376 e. The first-order valence-electron chi connectivity index (χ1n) is 11.4. The van der Waals surface area contributed by atoms with Crippen molar-refractivity contribution in [1.82, 2.24) is 10.2 Å². The van der Waals surface area contributed by atoms with Crippen LogP contribution in [0.1, 0.15) is 39.0 Å². The average Bonchev–Trinajstić information content (AvgIpc) is 3.01. The minimum absolute atomic E-state index is 0.0409. The minimum atomic E-state index is -0.649. The van der Waals surface area contributed by atoms with Crippen molar-refractivity contribution in [2.75, 3.05) is 26.4 Å². The fourth-order valence-corrected chi connectivity index (χ4v) is 6.34. The molecule has 4 saturated heterocycles. The number of amides is 2. The third-order valence-electron chi connectivity index (χ3n) is 7.72. The van der Waals surface area contributed by atoms with Gasteiger partial charge < -0.3 is 24.4 Å². The third-order valence-corrected chi connectivity index (χ3v) is 7.72. The van der Waals surface area contributed by atoms with Crippen LogP contribution in [0, 0.1) is 11.8 Å². The Balaban J connectivity index is 1.44. The van der Waals surface area contributed by atoms with E-state index in [0.29, 0.717) is 19.6 Å². The Labute approximate surface area is 181 Å². The molecule has 2 aliphatic carbocycles. The average molecular weight is 435 g/mol. The van der Waals surface area contributed by atoms with Crippen LogP contribution < -0.4 is 5.32 Å². The summed E-state index contributed by atoms with van der Waals surface area (Å²) >= 11 is 0. The van der Waals surface area contributed by atoms with Gasteiger partial charge in [0.15, 0.2) is 0 Å². The maximum atomic E-state index is 14.8. The zero-order valence-electron chi connectivity index (χ0n) is 17.9. The first-order chi connectivity index (χ1) is 15.0. The molecule has 1 saturated carbocycles. The van der Waals surface area contributed by atoms with Gasteiger partial charge in [-0.1, -0.05) is 12.2 Å². The second kappa shape index (κ2) is 8.30. The summed E-state index contributed by atoms with van der Waals surface area (Å²) in [5.41, 5.74) is -0.649. The zero-order chi connectivity index (χ0) is 21.6. The SMILES string of the molecule is C[C@@H]1C[C@@]2(COCC(=O)N2)[C@@H]2COC3CCC(CC3)C3C(F)=CC=CC3OCC(=O)N12.